The third-order valence-electron chi connectivity index (χ3n) is 18.7. The van der Waals surface area contributed by atoms with Gasteiger partial charge >= 0.3 is 29.8 Å². The molecule has 4 atom stereocenters. The Hall–Kier alpha value is -4.25. The van der Waals surface area contributed by atoms with Gasteiger partial charge in [0.2, 0.25) is 0 Å². The lowest BCUT2D eigenvalue weighted by Crippen LogP contribution is -2.60. The lowest BCUT2D eigenvalue weighted by Gasteiger charge is -2.47. The molecule has 3 fully saturated rings. The molecule has 4 unspecified atom stereocenters. The third kappa shape index (κ3) is 25.7. The highest BCUT2D eigenvalue weighted by Crippen LogP contribution is 2.47. The number of carbonyl (C=O) groups is 5. The van der Waals surface area contributed by atoms with Crippen LogP contribution in [0.1, 0.15) is 296 Å². The van der Waals surface area contributed by atoms with Crippen molar-refractivity contribution < 1.29 is 52.1 Å². The van der Waals surface area contributed by atoms with E-state index in [0.29, 0.717) is 36.1 Å². The molecule has 3 saturated heterocycles. The van der Waals surface area contributed by atoms with Gasteiger partial charge in [0, 0.05) is 75.3 Å². The number of hydrogen-bond donors (Lipinski definition) is 0. The second kappa shape index (κ2) is 41.0. The highest BCUT2D eigenvalue weighted by atomic mass is 16.6. The molecule has 3 heterocycles. The van der Waals surface area contributed by atoms with E-state index in [1.807, 2.05) is 74.5 Å². The standard InChI is InChI=1S/C72H116NO10/c1-5-7-9-11-13-15-17-19-21-23-25-27-35-47-67(74)79-57-66(58-80-68(75)48-36-28-26-24-22-20-18-16-14-12-10-8-6-2)81-69(76)53-59(3)41-37-38-42-60(4)54-70(77)83-72(61-43-31-29-32-44-61,62-45-33-30-34-46-62)71(78)82-65-55-63-49-50-64(56-65)73(63)51-39-40-52-73/h29-34,43-46,59-60,63-66H,5-28,35-42,47-58H2,1-4H3/q+1. The van der Waals surface area contributed by atoms with Gasteiger partial charge in [0.15, 0.2) is 6.10 Å². The summed E-state index contributed by atoms with van der Waals surface area (Å²) in [7, 11) is 0. The number of nitrogens with zero attached hydrogens (tertiary/aromatic N) is 1. The number of quaternary nitrogens is 1. The SMILES string of the molecule is CCCCCCCCCCCCCCCC(=O)OCC(COC(=O)CCCCCCCCCCCCCCC)OC(=O)CC(C)CCCCC(C)CC(=O)OC(C(=O)OC1CC2CCC(C1)[N+]21CCCC1)(c1ccccc1)c1ccccc1. The first-order chi connectivity index (χ1) is 40.5. The first-order valence-corrected chi connectivity index (χ1v) is 34.4. The van der Waals surface area contributed by atoms with Gasteiger partial charge in [0.05, 0.1) is 25.2 Å². The fourth-order valence-electron chi connectivity index (χ4n) is 13.9. The van der Waals surface area contributed by atoms with Crippen LogP contribution >= 0.6 is 0 Å². The quantitative estimate of drug-likeness (QED) is 0.0273. The van der Waals surface area contributed by atoms with E-state index < -0.39 is 29.6 Å². The molecular formula is C72H116NO10+. The Bertz CT molecular complexity index is 1970. The van der Waals surface area contributed by atoms with Crippen molar-refractivity contribution in [1.29, 1.82) is 0 Å². The van der Waals surface area contributed by atoms with E-state index in [9.17, 15) is 24.0 Å². The third-order valence-corrected chi connectivity index (χ3v) is 18.7. The Kier molecular flexibility index (Phi) is 34.3. The second-order valence-electron chi connectivity index (χ2n) is 25.9. The summed E-state index contributed by atoms with van der Waals surface area (Å²) in [6, 6.07) is 19.7. The van der Waals surface area contributed by atoms with Crippen molar-refractivity contribution in [2.75, 3.05) is 26.3 Å². The molecule has 0 N–H and O–H groups in total. The molecular weight excluding hydrogens is 1040 g/mol. The monoisotopic (exact) mass is 1150 g/mol. The average Bonchev–Trinajstić information content (AvgIpc) is 2.49. The molecule has 0 radical (unpaired) electrons. The first-order valence-electron chi connectivity index (χ1n) is 34.4. The number of carbonyl (C=O) groups excluding carboxylic acids is 5. The lowest BCUT2D eigenvalue weighted by molar-refractivity contribution is -0.956. The van der Waals surface area contributed by atoms with Gasteiger partial charge in [-0.15, -0.1) is 0 Å². The van der Waals surface area contributed by atoms with Gasteiger partial charge < -0.3 is 28.2 Å². The maximum atomic E-state index is 14.9. The van der Waals surface area contributed by atoms with Crippen molar-refractivity contribution in [3.63, 3.8) is 0 Å². The number of hydrogen-bond acceptors (Lipinski definition) is 10. The van der Waals surface area contributed by atoms with Gasteiger partial charge in [0.25, 0.3) is 5.60 Å². The van der Waals surface area contributed by atoms with Gasteiger partial charge in [0.1, 0.15) is 19.3 Å². The molecule has 3 aliphatic rings. The normalized spacial score (nSPS) is 18.0. The Labute approximate surface area is 504 Å². The van der Waals surface area contributed by atoms with Crippen molar-refractivity contribution >= 4 is 29.8 Å². The molecule has 11 heteroatoms. The maximum Gasteiger partial charge on any atom is 0.360 e. The Morgan fingerprint density at radius 1 is 0.482 bits per heavy atom. The van der Waals surface area contributed by atoms with Crippen LogP contribution in [-0.2, 0) is 53.3 Å². The van der Waals surface area contributed by atoms with Crippen LogP contribution in [0.5, 0.6) is 0 Å². The summed E-state index contributed by atoms with van der Waals surface area (Å²) in [5.74, 6) is -2.04. The second-order valence-corrected chi connectivity index (χ2v) is 25.9. The summed E-state index contributed by atoms with van der Waals surface area (Å²) >= 11 is 0. The van der Waals surface area contributed by atoms with Gasteiger partial charge in [-0.2, -0.15) is 0 Å². The largest absolute Gasteiger partial charge is 0.462 e. The number of unbranched alkanes of at least 4 members (excludes halogenated alkanes) is 25. The van der Waals surface area contributed by atoms with Gasteiger partial charge in [-0.05, 0) is 24.7 Å². The van der Waals surface area contributed by atoms with E-state index in [1.165, 1.54) is 172 Å². The lowest BCUT2D eigenvalue weighted by atomic mass is 9.85. The molecule has 0 saturated carbocycles. The molecule has 3 aliphatic heterocycles. The summed E-state index contributed by atoms with van der Waals surface area (Å²) in [4.78, 5) is 68.2. The van der Waals surface area contributed by atoms with E-state index in [0.717, 1.165) is 77.0 Å². The Morgan fingerprint density at radius 2 is 0.855 bits per heavy atom. The summed E-state index contributed by atoms with van der Waals surface area (Å²) < 4.78 is 31.4. The Morgan fingerprint density at radius 3 is 1.25 bits per heavy atom. The first kappa shape index (κ1) is 69.5. The highest BCUT2D eigenvalue weighted by molar-refractivity contribution is 5.89. The molecule has 468 valence electrons. The van der Waals surface area contributed by atoms with Gasteiger partial charge in [-0.1, -0.05) is 268 Å². The smallest absolute Gasteiger partial charge is 0.360 e. The van der Waals surface area contributed by atoms with Crippen LogP contribution in [0.4, 0.5) is 0 Å². The summed E-state index contributed by atoms with van der Waals surface area (Å²) in [6.45, 7) is 10.8. The van der Waals surface area contributed by atoms with Crippen molar-refractivity contribution in [3.8, 4) is 0 Å². The van der Waals surface area contributed by atoms with E-state index in [2.05, 4.69) is 13.8 Å². The van der Waals surface area contributed by atoms with Crippen LogP contribution < -0.4 is 0 Å². The summed E-state index contributed by atoms with van der Waals surface area (Å²) in [5, 5.41) is 0. The highest BCUT2D eigenvalue weighted by Gasteiger charge is 2.57. The van der Waals surface area contributed by atoms with E-state index >= 15 is 0 Å². The average molecular weight is 1160 g/mol. The van der Waals surface area contributed by atoms with Crippen LogP contribution in [0, 0.1) is 11.8 Å². The molecule has 83 heavy (non-hydrogen) atoms. The molecule has 0 aromatic heterocycles. The molecule has 0 aliphatic carbocycles. The van der Waals surface area contributed by atoms with Crippen LogP contribution in [0.2, 0.25) is 0 Å². The number of benzene rings is 2. The fraction of sp³-hybridized carbons (Fsp3) is 0.764. The molecule has 11 nitrogen and oxygen atoms in total. The van der Waals surface area contributed by atoms with Crippen LogP contribution in [0.25, 0.3) is 0 Å². The van der Waals surface area contributed by atoms with Crippen molar-refractivity contribution in [2.45, 2.75) is 314 Å². The number of ether oxygens (including phenoxy) is 5. The topological polar surface area (TPSA) is 132 Å². The van der Waals surface area contributed by atoms with E-state index in [1.54, 1.807) is 0 Å². The predicted octanol–water partition coefficient (Wildman–Crippen LogP) is 17.9. The number of esters is 5. The number of piperidine rings is 1. The zero-order valence-electron chi connectivity index (χ0n) is 52.9. The number of rotatable bonds is 47. The molecule has 2 aromatic rings. The summed E-state index contributed by atoms with van der Waals surface area (Å²) in [6.07, 6.45) is 41.5. The van der Waals surface area contributed by atoms with Crippen molar-refractivity contribution in [1.82, 2.24) is 0 Å². The van der Waals surface area contributed by atoms with Crippen LogP contribution in [0.15, 0.2) is 60.7 Å². The van der Waals surface area contributed by atoms with Crippen LogP contribution in [-0.4, -0.2) is 84.9 Å². The van der Waals surface area contributed by atoms with Gasteiger partial charge in [-0.25, -0.2) is 4.79 Å². The van der Waals surface area contributed by atoms with Gasteiger partial charge in [-0.3, -0.25) is 19.2 Å². The van der Waals surface area contributed by atoms with Crippen molar-refractivity contribution in [2.24, 2.45) is 11.8 Å². The zero-order chi connectivity index (χ0) is 59.2. The van der Waals surface area contributed by atoms with Crippen LogP contribution in [0.3, 0.4) is 0 Å². The minimum absolute atomic E-state index is 0.0161. The minimum Gasteiger partial charge on any atom is -0.462 e. The maximum absolute atomic E-state index is 14.9. The minimum atomic E-state index is -1.75. The van der Waals surface area contributed by atoms with E-state index in [-0.39, 0.29) is 55.9 Å². The zero-order valence-corrected chi connectivity index (χ0v) is 52.9. The molecule has 2 aromatic carbocycles. The molecule has 5 rings (SSSR count). The fourth-order valence-corrected chi connectivity index (χ4v) is 13.9. The predicted molar refractivity (Wildman–Crippen MR) is 333 cm³/mol. The molecule has 1 spiro atoms. The molecule has 2 bridgehead atoms. The van der Waals surface area contributed by atoms with Crippen molar-refractivity contribution in [3.05, 3.63) is 71.8 Å². The molecule has 0 amide bonds. The Balaban J connectivity index is 1.03. The summed E-state index contributed by atoms with van der Waals surface area (Å²) in [5.41, 5.74) is -0.611. The van der Waals surface area contributed by atoms with E-state index in [4.69, 9.17) is 23.7 Å².